The summed E-state index contributed by atoms with van der Waals surface area (Å²) in [4.78, 5) is 22.6. The third-order valence-electron chi connectivity index (χ3n) is 3.71. The van der Waals surface area contributed by atoms with E-state index >= 15 is 0 Å². The third-order valence-corrected chi connectivity index (χ3v) is 5.70. The highest BCUT2D eigenvalue weighted by Gasteiger charge is 2.18. The van der Waals surface area contributed by atoms with Gasteiger partial charge >= 0.3 is 0 Å². The van der Waals surface area contributed by atoms with Crippen LogP contribution in [0, 0.1) is 6.92 Å². The van der Waals surface area contributed by atoms with Gasteiger partial charge in [-0.2, -0.15) is 0 Å². The number of pyridine rings is 1. The quantitative estimate of drug-likeness (QED) is 0.557. The number of fused-ring (bicyclic) bond motifs is 1. The minimum Gasteiger partial charge on any atom is -0.397 e. The average Bonchev–Trinajstić information content (AvgIpc) is 3.18. The van der Waals surface area contributed by atoms with Gasteiger partial charge < -0.3 is 5.73 Å². The van der Waals surface area contributed by atoms with Crippen LogP contribution in [0.4, 0.5) is 10.8 Å². The van der Waals surface area contributed by atoms with E-state index in [9.17, 15) is 4.79 Å². The Bertz CT molecular complexity index is 1070. The maximum atomic E-state index is 12.5. The molecule has 0 saturated heterocycles. The molecule has 0 atom stereocenters. The Labute approximate surface area is 152 Å². The lowest BCUT2D eigenvalue weighted by atomic mass is 10.1. The molecule has 0 aliphatic rings. The molecule has 0 fully saturated rings. The Hall–Kier alpha value is -2.77. The highest BCUT2D eigenvalue weighted by Crippen LogP contribution is 2.34. The average molecular weight is 366 g/mol. The first-order valence-electron chi connectivity index (χ1n) is 7.60. The topological polar surface area (TPSA) is 80.9 Å². The number of thiazole rings is 1. The molecule has 0 aliphatic carbocycles. The van der Waals surface area contributed by atoms with Crippen LogP contribution < -0.4 is 11.1 Å². The Balaban J connectivity index is 1.70. The number of amides is 1. The first kappa shape index (κ1) is 15.7. The zero-order chi connectivity index (χ0) is 17.4. The minimum absolute atomic E-state index is 0.254. The smallest absolute Gasteiger partial charge is 0.269 e. The molecule has 5 nitrogen and oxygen atoms in total. The molecule has 1 aromatic carbocycles. The number of anilines is 2. The molecule has 25 heavy (non-hydrogen) atoms. The normalized spacial score (nSPS) is 10.9. The van der Waals surface area contributed by atoms with Gasteiger partial charge in [-0.1, -0.05) is 30.3 Å². The number of nitrogens with one attached hydrogen (secondary N) is 1. The zero-order valence-corrected chi connectivity index (χ0v) is 14.9. The first-order valence-corrected chi connectivity index (χ1v) is 9.29. The van der Waals surface area contributed by atoms with Gasteiger partial charge in [-0.05, 0) is 19.1 Å². The SMILES string of the molecule is Cc1csc(NC(=O)c2sc3nc(-c4ccccc4)ccc3c2N)n1. The Morgan fingerprint density at radius 3 is 2.64 bits per heavy atom. The molecule has 0 unspecified atom stereocenters. The van der Waals surface area contributed by atoms with Crippen LogP contribution in [0.5, 0.6) is 0 Å². The molecule has 4 rings (SSSR count). The predicted molar refractivity (Wildman–Crippen MR) is 104 cm³/mol. The van der Waals surface area contributed by atoms with Crippen molar-refractivity contribution in [2.24, 2.45) is 0 Å². The van der Waals surface area contributed by atoms with Crippen molar-refractivity contribution in [3.8, 4) is 11.3 Å². The van der Waals surface area contributed by atoms with Crippen molar-refractivity contribution in [1.29, 1.82) is 0 Å². The van der Waals surface area contributed by atoms with Gasteiger partial charge in [0.05, 0.1) is 17.1 Å². The van der Waals surface area contributed by atoms with Crippen molar-refractivity contribution in [2.45, 2.75) is 6.92 Å². The largest absolute Gasteiger partial charge is 0.397 e. The van der Waals surface area contributed by atoms with Gasteiger partial charge in [0.15, 0.2) is 5.13 Å². The van der Waals surface area contributed by atoms with E-state index in [2.05, 4.69) is 15.3 Å². The Kier molecular flexibility index (Phi) is 3.95. The number of rotatable bonds is 3. The van der Waals surface area contributed by atoms with Gasteiger partial charge in [0.25, 0.3) is 5.91 Å². The number of hydrogen-bond donors (Lipinski definition) is 2. The van der Waals surface area contributed by atoms with E-state index in [1.54, 1.807) is 0 Å². The lowest BCUT2D eigenvalue weighted by molar-refractivity contribution is 0.103. The van der Waals surface area contributed by atoms with Gasteiger partial charge in [-0.3, -0.25) is 10.1 Å². The van der Waals surface area contributed by atoms with Crippen molar-refractivity contribution in [3.05, 3.63) is 58.4 Å². The maximum Gasteiger partial charge on any atom is 0.269 e. The summed E-state index contributed by atoms with van der Waals surface area (Å²) in [7, 11) is 0. The molecule has 4 aromatic rings. The summed E-state index contributed by atoms with van der Waals surface area (Å²) in [6.45, 7) is 1.88. The number of thiophene rings is 1. The molecule has 3 N–H and O–H groups in total. The number of carbonyl (C=O) groups is 1. The van der Waals surface area contributed by atoms with Gasteiger partial charge in [0.2, 0.25) is 0 Å². The highest BCUT2D eigenvalue weighted by molar-refractivity contribution is 7.21. The van der Waals surface area contributed by atoms with E-state index in [0.29, 0.717) is 15.7 Å². The Morgan fingerprint density at radius 1 is 1.12 bits per heavy atom. The number of nitrogens with two attached hydrogens (primary N) is 1. The van der Waals surface area contributed by atoms with E-state index in [1.165, 1.54) is 22.7 Å². The number of carbonyl (C=O) groups excluding carboxylic acids is 1. The van der Waals surface area contributed by atoms with Crippen LogP contribution >= 0.6 is 22.7 Å². The van der Waals surface area contributed by atoms with Crippen LogP contribution in [0.15, 0.2) is 47.8 Å². The standard InChI is InChI=1S/C18H14N4OS2/c1-10-9-24-18(20-10)22-16(23)15-14(19)12-7-8-13(21-17(12)25-15)11-5-3-2-4-6-11/h2-9H,19H2,1H3,(H,20,22,23). The molecular formula is C18H14N4OS2. The van der Waals surface area contributed by atoms with Crippen molar-refractivity contribution >= 4 is 49.6 Å². The molecule has 0 spiro atoms. The fourth-order valence-corrected chi connectivity index (χ4v) is 4.17. The summed E-state index contributed by atoms with van der Waals surface area (Å²) >= 11 is 2.69. The molecular weight excluding hydrogens is 352 g/mol. The van der Waals surface area contributed by atoms with E-state index in [4.69, 9.17) is 5.73 Å². The fraction of sp³-hybridized carbons (Fsp3) is 0.0556. The summed E-state index contributed by atoms with van der Waals surface area (Å²) in [5.74, 6) is -0.254. The number of aryl methyl sites for hydroxylation is 1. The summed E-state index contributed by atoms with van der Waals surface area (Å²) in [6, 6.07) is 13.8. The van der Waals surface area contributed by atoms with Crippen LogP contribution in [-0.4, -0.2) is 15.9 Å². The predicted octanol–water partition coefficient (Wildman–Crippen LogP) is 4.56. The fourth-order valence-electron chi connectivity index (χ4n) is 2.50. The van der Waals surface area contributed by atoms with Crippen molar-refractivity contribution < 1.29 is 4.79 Å². The summed E-state index contributed by atoms with van der Waals surface area (Å²) in [6.07, 6.45) is 0. The van der Waals surface area contributed by atoms with Crippen molar-refractivity contribution in [3.63, 3.8) is 0 Å². The number of nitrogen functional groups attached to an aromatic ring is 1. The zero-order valence-electron chi connectivity index (χ0n) is 13.3. The van der Waals surface area contributed by atoms with Crippen LogP contribution in [0.2, 0.25) is 0 Å². The second-order valence-electron chi connectivity index (χ2n) is 5.51. The molecule has 3 heterocycles. The molecule has 0 radical (unpaired) electrons. The van der Waals surface area contributed by atoms with Gasteiger partial charge in [-0.25, -0.2) is 9.97 Å². The minimum atomic E-state index is -0.254. The summed E-state index contributed by atoms with van der Waals surface area (Å²) in [5, 5.41) is 6.05. The summed E-state index contributed by atoms with van der Waals surface area (Å²) in [5.41, 5.74) is 9.40. The number of benzene rings is 1. The molecule has 124 valence electrons. The molecule has 7 heteroatoms. The van der Waals surface area contributed by atoms with Crippen LogP contribution in [0.3, 0.4) is 0 Å². The monoisotopic (exact) mass is 366 g/mol. The van der Waals surface area contributed by atoms with Crippen molar-refractivity contribution in [2.75, 3.05) is 11.1 Å². The number of aromatic nitrogens is 2. The van der Waals surface area contributed by atoms with E-state index < -0.39 is 0 Å². The maximum absolute atomic E-state index is 12.5. The third kappa shape index (κ3) is 2.99. The summed E-state index contributed by atoms with van der Waals surface area (Å²) < 4.78 is 0. The van der Waals surface area contributed by atoms with Gasteiger partial charge in [0.1, 0.15) is 9.71 Å². The lowest BCUT2D eigenvalue weighted by Gasteiger charge is -2.00. The van der Waals surface area contributed by atoms with Gasteiger partial charge in [0, 0.05) is 16.3 Å². The van der Waals surface area contributed by atoms with E-state index in [1.807, 2.05) is 54.8 Å². The molecule has 1 amide bonds. The lowest BCUT2D eigenvalue weighted by Crippen LogP contribution is -2.11. The molecule has 0 saturated carbocycles. The number of hydrogen-bond acceptors (Lipinski definition) is 6. The van der Waals surface area contributed by atoms with Crippen LogP contribution in [0.25, 0.3) is 21.5 Å². The molecule has 0 bridgehead atoms. The van der Waals surface area contributed by atoms with Gasteiger partial charge in [-0.15, -0.1) is 22.7 Å². The number of nitrogens with zero attached hydrogens (tertiary/aromatic N) is 2. The Morgan fingerprint density at radius 2 is 1.92 bits per heavy atom. The molecule has 0 aliphatic heterocycles. The second-order valence-corrected chi connectivity index (χ2v) is 7.37. The van der Waals surface area contributed by atoms with Crippen molar-refractivity contribution in [1.82, 2.24) is 9.97 Å². The first-order chi connectivity index (χ1) is 12.1. The van der Waals surface area contributed by atoms with E-state index in [-0.39, 0.29) is 5.91 Å². The highest BCUT2D eigenvalue weighted by atomic mass is 32.1. The second kappa shape index (κ2) is 6.27. The molecule has 3 aromatic heterocycles. The van der Waals surface area contributed by atoms with Crippen LogP contribution in [0.1, 0.15) is 15.4 Å². The van der Waals surface area contributed by atoms with E-state index in [0.717, 1.165) is 27.2 Å². The van der Waals surface area contributed by atoms with Crippen LogP contribution in [-0.2, 0) is 0 Å².